The highest BCUT2D eigenvalue weighted by atomic mass is 32.2. The lowest BCUT2D eigenvalue weighted by Gasteiger charge is -2.20. The second-order valence-electron chi connectivity index (χ2n) is 6.15. The van der Waals surface area contributed by atoms with Gasteiger partial charge in [0, 0.05) is 18.4 Å². The minimum atomic E-state index is -3.41. The second kappa shape index (κ2) is 7.32. The normalized spacial score (nSPS) is 11.5. The van der Waals surface area contributed by atoms with E-state index in [-0.39, 0.29) is 28.5 Å². The third-order valence-electron chi connectivity index (χ3n) is 4.18. The van der Waals surface area contributed by atoms with Crippen molar-refractivity contribution in [3.63, 3.8) is 0 Å². The molecule has 3 aromatic rings. The number of nitrogens with zero attached hydrogens (tertiary/aromatic N) is 2. The van der Waals surface area contributed by atoms with Crippen molar-refractivity contribution in [2.24, 2.45) is 0 Å². The maximum Gasteiger partial charge on any atom is 0.258 e. The van der Waals surface area contributed by atoms with Gasteiger partial charge in [0.2, 0.25) is 0 Å². The number of fused-ring (bicyclic) bond motifs is 1. The number of sulfone groups is 1. The van der Waals surface area contributed by atoms with E-state index in [1.807, 2.05) is 0 Å². The summed E-state index contributed by atoms with van der Waals surface area (Å²) in [6.07, 6.45) is 1.10. The zero-order chi connectivity index (χ0) is 19.6. The van der Waals surface area contributed by atoms with Gasteiger partial charge >= 0.3 is 0 Å². The van der Waals surface area contributed by atoms with Crippen molar-refractivity contribution in [3.8, 4) is 0 Å². The highest BCUT2D eigenvalue weighted by Gasteiger charge is 2.18. The molecule has 0 aliphatic heterocycles. The number of benzene rings is 2. The molecule has 0 aliphatic carbocycles. The Morgan fingerprint density at radius 2 is 1.89 bits per heavy atom. The van der Waals surface area contributed by atoms with E-state index < -0.39 is 9.84 Å². The van der Waals surface area contributed by atoms with Crippen molar-refractivity contribution in [2.45, 2.75) is 18.4 Å². The van der Waals surface area contributed by atoms with Gasteiger partial charge in [-0.3, -0.25) is 9.59 Å². The standard InChI is InChI=1S/C19H19N3O4S/c1-3-22(19(24)13-7-6-8-14(11-13)27(2,25)26)12-17-20-16-10-5-4-9-15(16)18(23)21-17/h4-11H,3,12H2,1-2H3,(H,20,21,23). The van der Waals surface area contributed by atoms with Crippen LogP contribution in [0.15, 0.2) is 58.2 Å². The number of carbonyl (C=O) groups excluding carboxylic acids is 1. The summed E-state index contributed by atoms with van der Waals surface area (Å²) >= 11 is 0. The number of aromatic amines is 1. The van der Waals surface area contributed by atoms with Gasteiger partial charge in [-0.05, 0) is 37.3 Å². The Bertz CT molecular complexity index is 1170. The predicted octanol–water partition coefficient (Wildman–Crippen LogP) is 1.99. The lowest BCUT2D eigenvalue weighted by atomic mass is 10.2. The average molecular weight is 385 g/mol. The van der Waals surface area contributed by atoms with E-state index in [2.05, 4.69) is 9.97 Å². The van der Waals surface area contributed by atoms with Gasteiger partial charge in [-0.15, -0.1) is 0 Å². The third-order valence-corrected chi connectivity index (χ3v) is 5.29. The second-order valence-corrected chi connectivity index (χ2v) is 8.16. The van der Waals surface area contributed by atoms with Crippen LogP contribution < -0.4 is 5.56 Å². The molecule has 0 unspecified atom stereocenters. The minimum Gasteiger partial charge on any atom is -0.331 e. The smallest absolute Gasteiger partial charge is 0.258 e. The first kappa shape index (κ1) is 18.8. The van der Waals surface area contributed by atoms with Gasteiger partial charge in [0.05, 0.1) is 22.3 Å². The van der Waals surface area contributed by atoms with Crippen molar-refractivity contribution in [1.29, 1.82) is 0 Å². The fraction of sp³-hybridized carbons (Fsp3) is 0.211. The fourth-order valence-corrected chi connectivity index (χ4v) is 3.43. The number of nitrogens with one attached hydrogen (secondary N) is 1. The third kappa shape index (κ3) is 4.06. The molecule has 1 aromatic heterocycles. The summed E-state index contributed by atoms with van der Waals surface area (Å²) < 4.78 is 23.5. The van der Waals surface area contributed by atoms with Crippen molar-refractivity contribution >= 4 is 26.6 Å². The maximum atomic E-state index is 12.8. The summed E-state index contributed by atoms with van der Waals surface area (Å²) in [5, 5.41) is 0.483. The van der Waals surface area contributed by atoms with Gasteiger partial charge in [-0.2, -0.15) is 0 Å². The van der Waals surface area contributed by atoms with Gasteiger partial charge in [0.25, 0.3) is 11.5 Å². The van der Waals surface area contributed by atoms with Crippen molar-refractivity contribution in [3.05, 3.63) is 70.3 Å². The van der Waals surface area contributed by atoms with Gasteiger partial charge in [-0.25, -0.2) is 13.4 Å². The van der Waals surface area contributed by atoms with Crippen LogP contribution in [0.5, 0.6) is 0 Å². The van der Waals surface area contributed by atoms with Crippen LogP contribution in [-0.4, -0.2) is 42.0 Å². The average Bonchev–Trinajstić information content (AvgIpc) is 2.65. The molecule has 3 rings (SSSR count). The van der Waals surface area contributed by atoms with E-state index in [9.17, 15) is 18.0 Å². The Morgan fingerprint density at radius 3 is 2.59 bits per heavy atom. The molecule has 1 amide bonds. The number of hydrogen-bond acceptors (Lipinski definition) is 5. The SMILES string of the molecule is CCN(Cc1nc2ccccc2c(=O)[nH]1)C(=O)c1cccc(S(C)(=O)=O)c1. The van der Waals surface area contributed by atoms with Gasteiger partial charge in [-0.1, -0.05) is 18.2 Å². The fourth-order valence-electron chi connectivity index (χ4n) is 2.76. The predicted molar refractivity (Wildman–Crippen MR) is 102 cm³/mol. The number of hydrogen-bond donors (Lipinski definition) is 1. The highest BCUT2D eigenvalue weighted by Crippen LogP contribution is 2.15. The van der Waals surface area contributed by atoms with Gasteiger partial charge in [0.1, 0.15) is 5.82 Å². The molecule has 0 saturated heterocycles. The summed E-state index contributed by atoms with van der Waals surface area (Å²) in [5.74, 6) is 0.0342. The lowest BCUT2D eigenvalue weighted by molar-refractivity contribution is 0.0748. The van der Waals surface area contributed by atoms with Crippen LogP contribution >= 0.6 is 0 Å². The molecule has 0 bridgehead atoms. The van der Waals surface area contributed by atoms with Crippen LogP contribution in [0.1, 0.15) is 23.1 Å². The molecule has 0 aliphatic rings. The first-order chi connectivity index (χ1) is 12.8. The molecule has 7 nitrogen and oxygen atoms in total. The summed E-state index contributed by atoms with van der Waals surface area (Å²) in [6.45, 7) is 2.29. The Hall–Kier alpha value is -3.00. The first-order valence-electron chi connectivity index (χ1n) is 8.37. The molecule has 8 heteroatoms. The topological polar surface area (TPSA) is 100 Å². The molecule has 1 N–H and O–H groups in total. The number of rotatable bonds is 5. The first-order valence-corrected chi connectivity index (χ1v) is 10.3. The zero-order valence-corrected chi connectivity index (χ0v) is 15.8. The molecule has 0 saturated carbocycles. The molecular weight excluding hydrogens is 366 g/mol. The van der Waals surface area contributed by atoms with Gasteiger partial charge < -0.3 is 9.88 Å². The molecule has 27 heavy (non-hydrogen) atoms. The van der Waals surface area contributed by atoms with Crippen LogP contribution in [0, 0.1) is 0 Å². The molecular formula is C19H19N3O4S. The lowest BCUT2D eigenvalue weighted by Crippen LogP contribution is -2.32. The Morgan fingerprint density at radius 1 is 1.15 bits per heavy atom. The molecule has 2 aromatic carbocycles. The molecule has 0 spiro atoms. The maximum absolute atomic E-state index is 12.8. The van der Waals surface area contributed by atoms with Gasteiger partial charge in [0.15, 0.2) is 9.84 Å². The van der Waals surface area contributed by atoms with Crippen LogP contribution in [0.4, 0.5) is 0 Å². The number of para-hydroxylation sites is 1. The molecule has 1 heterocycles. The van der Waals surface area contributed by atoms with E-state index in [4.69, 9.17) is 0 Å². The van der Waals surface area contributed by atoms with Crippen LogP contribution in [0.3, 0.4) is 0 Å². The van der Waals surface area contributed by atoms with Crippen molar-refractivity contribution < 1.29 is 13.2 Å². The van der Waals surface area contributed by atoms with E-state index in [0.717, 1.165) is 6.26 Å². The molecule has 0 atom stereocenters. The summed E-state index contributed by atoms with van der Waals surface area (Å²) in [7, 11) is -3.41. The van der Waals surface area contributed by atoms with Crippen LogP contribution in [-0.2, 0) is 16.4 Å². The minimum absolute atomic E-state index is 0.0849. The Kier molecular flexibility index (Phi) is 5.09. The van der Waals surface area contributed by atoms with Crippen LogP contribution in [0.2, 0.25) is 0 Å². The largest absolute Gasteiger partial charge is 0.331 e. The summed E-state index contributed by atoms with van der Waals surface area (Å²) in [4.78, 5) is 33.7. The number of amides is 1. The van der Waals surface area contributed by atoms with E-state index in [0.29, 0.717) is 23.3 Å². The van der Waals surface area contributed by atoms with E-state index >= 15 is 0 Å². The zero-order valence-electron chi connectivity index (χ0n) is 15.0. The summed E-state index contributed by atoms with van der Waals surface area (Å²) in [6, 6.07) is 12.9. The highest BCUT2D eigenvalue weighted by molar-refractivity contribution is 7.90. The van der Waals surface area contributed by atoms with E-state index in [1.165, 1.54) is 23.1 Å². The molecule has 0 fully saturated rings. The number of aromatic nitrogens is 2. The molecule has 0 radical (unpaired) electrons. The van der Waals surface area contributed by atoms with Crippen molar-refractivity contribution in [1.82, 2.24) is 14.9 Å². The van der Waals surface area contributed by atoms with E-state index in [1.54, 1.807) is 37.3 Å². The summed E-state index contributed by atoms with van der Waals surface area (Å²) in [5.41, 5.74) is 0.555. The molecule has 140 valence electrons. The van der Waals surface area contributed by atoms with Crippen molar-refractivity contribution in [2.75, 3.05) is 12.8 Å². The Balaban J connectivity index is 1.92. The number of H-pyrrole nitrogens is 1. The number of carbonyl (C=O) groups is 1. The Labute approximate surface area is 156 Å². The quantitative estimate of drug-likeness (QED) is 0.724. The monoisotopic (exact) mass is 385 g/mol. The van der Waals surface area contributed by atoms with Crippen LogP contribution in [0.25, 0.3) is 10.9 Å².